The first-order valence-electron chi connectivity index (χ1n) is 12.1. The lowest BCUT2D eigenvalue weighted by Gasteiger charge is -2.32. The molecule has 172 valence electrons. The summed E-state index contributed by atoms with van der Waals surface area (Å²) in [6.07, 6.45) is 6.29. The zero-order chi connectivity index (χ0) is 22.3. The minimum absolute atomic E-state index is 0.364. The fraction of sp³-hybridized carbons (Fsp3) is 0.393. The Balaban J connectivity index is 1.14. The van der Waals surface area contributed by atoms with Gasteiger partial charge in [0.2, 0.25) is 0 Å². The van der Waals surface area contributed by atoms with E-state index in [1.807, 2.05) is 12.4 Å². The normalized spacial score (nSPS) is 17.8. The van der Waals surface area contributed by atoms with Crippen molar-refractivity contribution in [1.82, 2.24) is 14.8 Å². The van der Waals surface area contributed by atoms with Crippen molar-refractivity contribution < 1.29 is 9.47 Å². The molecule has 0 radical (unpaired) electrons. The maximum Gasteiger partial charge on any atom is 0.123 e. The summed E-state index contributed by atoms with van der Waals surface area (Å²) in [6.45, 7) is 7.38. The molecule has 0 aliphatic carbocycles. The first kappa shape index (κ1) is 22.1. The maximum atomic E-state index is 6.16. The van der Waals surface area contributed by atoms with Gasteiger partial charge < -0.3 is 9.47 Å². The summed E-state index contributed by atoms with van der Waals surface area (Å²) in [5, 5.41) is 0. The summed E-state index contributed by atoms with van der Waals surface area (Å²) >= 11 is 0. The first-order valence-corrected chi connectivity index (χ1v) is 12.1. The van der Waals surface area contributed by atoms with E-state index in [0.29, 0.717) is 12.7 Å². The van der Waals surface area contributed by atoms with Gasteiger partial charge >= 0.3 is 0 Å². The van der Waals surface area contributed by atoms with Gasteiger partial charge in [-0.3, -0.25) is 14.8 Å². The molecule has 33 heavy (non-hydrogen) atoms. The average Bonchev–Trinajstić information content (AvgIpc) is 3.06. The maximum absolute atomic E-state index is 6.16. The van der Waals surface area contributed by atoms with Crippen LogP contribution in [0.25, 0.3) is 0 Å². The molecule has 0 atom stereocenters. The van der Waals surface area contributed by atoms with Gasteiger partial charge in [0, 0.05) is 57.2 Å². The van der Waals surface area contributed by atoms with Crippen LogP contribution in [0, 0.1) is 0 Å². The van der Waals surface area contributed by atoms with Crippen LogP contribution in [0.4, 0.5) is 0 Å². The van der Waals surface area contributed by atoms with Gasteiger partial charge in [0.1, 0.15) is 12.4 Å². The molecule has 5 rings (SSSR count). The zero-order valence-corrected chi connectivity index (χ0v) is 19.2. The molecule has 0 amide bonds. The number of hydrogen-bond acceptors (Lipinski definition) is 5. The van der Waals surface area contributed by atoms with E-state index in [1.165, 1.54) is 22.3 Å². The Bertz CT molecular complexity index is 1000. The van der Waals surface area contributed by atoms with Crippen molar-refractivity contribution in [3.63, 3.8) is 0 Å². The molecular weight excluding hydrogens is 410 g/mol. The Kier molecular flexibility index (Phi) is 7.31. The van der Waals surface area contributed by atoms with E-state index < -0.39 is 0 Å². The van der Waals surface area contributed by atoms with Crippen molar-refractivity contribution in [2.24, 2.45) is 0 Å². The molecule has 0 bridgehead atoms. The van der Waals surface area contributed by atoms with Crippen LogP contribution in [0.2, 0.25) is 0 Å². The highest BCUT2D eigenvalue weighted by molar-refractivity contribution is 5.38. The molecule has 2 aliphatic rings. The summed E-state index contributed by atoms with van der Waals surface area (Å²) in [7, 11) is 0. The van der Waals surface area contributed by atoms with Gasteiger partial charge in [-0.25, -0.2) is 0 Å². The lowest BCUT2D eigenvalue weighted by molar-refractivity contribution is -0.00394. The highest BCUT2D eigenvalue weighted by Gasteiger charge is 2.21. The van der Waals surface area contributed by atoms with Crippen LogP contribution in [0.5, 0.6) is 5.75 Å². The van der Waals surface area contributed by atoms with Gasteiger partial charge in [-0.05, 0) is 53.8 Å². The van der Waals surface area contributed by atoms with Gasteiger partial charge in [0.05, 0.1) is 12.7 Å². The molecule has 2 aliphatic heterocycles. The number of pyridine rings is 1. The number of ether oxygens (including phenoxy) is 2. The molecule has 2 aromatic carbocycles. The Morgan fingerprint density at radius 1 is 0.818 bits per heavy atom. The molecule has 5 heteroatoms. The van der Waals surface area contributed by atoms with Crippen molar-refractivity contribution >= 4 is 0 Å². The van der Waals surface area contributed by atoms with Gasteiger partial charge in [0.15, 0.2) is 0 Å². The number of hydrogen-bond donors (Lipinski definition) is 0. The Labute approximate surface area is 197 Å². The van der Waals surface area contributed by atoms with Gasteiger partial charge in [-0.15, -0.1) is 0 Å². The van der Waals surface area contributed by atoms with Crippen molar-refractivity contribution in [1.29, 1.82) is 0 Å². The monoisotopic (exact) mass is 443 g/mol. The van der Waals surface area contributed by atoms with Crippen molar-refractivity contribution in [2.45, 2.75) is 45.2 Å². The number of aromatic nitrogens is 1. The summed E-state index contributed by atoms with van der Waals surface area (Å²) in [4.78, 5) is 9.14. The molecule has 3 heterocycles. The number of piperidine rings is 1. The molecule has 3 aromatic rings. The molecule has 0 spiro atoms. The molecular formula is C28H33N3O2. The third-order valence-electron chi connectivity index (χ3n) is 6.61. The lowest BCUT2D eigenvalue weighted by atomic mass is 10.0. The van der Waals surface area contributed by atoms with Crippen LogP contribution in [0.15, 0.2) is 73.1 Å². The highest BCUT2D eigenvalue weighted by atomic mass is 16.5. The van der Waals surface area contributed by atoms with E-state index >= 15 is 0 Å². The Hall–Kier alpha value is -2.73. The average molecular weight is 444 g/mol. The van der Waals surface area contributed by atoms with E-state index in [9.17, 15) is 0 Å². The van der Waals surface area contributed by atoms with Crippen molar-refractivity contribution in [3.05, 3.63) is 95.3 Å². The highest BCUT2D eigenvalue weighted by Crippen LogP contribution is 2.26. The van der Waals surface area contributed by atoms with Gasteiger partial charge in [-0.1, -0.05) is 36.4 Å². The van der Waals surface area contributed by atoms with Crippen LogP contribution in [0.1, 0.15) is 35.1 Å². The second-order valence-electron chi connectivity index (χ2n) is 9.13. The van der Waals surface area contributed by atoms with E-state index in [0.717, 1.165) is 64.5 Å². The van der Waals surface area contributed by atoms with Gasteiger partial charge in [-0.2, -0.15) is 0 Å². The zero-order valence-electron chi connectivity index (χ0n) is 19.2. The van der Waals surface area contributed by atoms with Gasteiger partial charge in [0.25, 0.3) is 0 Å². The minimum Gasteiger partial charge on any atom is -0.492 e. The molecule has 5 nitrogen and oxygen atoms in total. The van der Waals surface area contributed by atoms with Crippen molar-refractivity contribution in [2.75, 3.05) is 26.2 Å². The minimum atomic E-state index is 0.364. The summed E-state index contributed by atoms with van der Waals surface area (Å²) in [5.41, 5.74) is 5.21. The summed E-state index contributed by atoms with van der Waals surface area (Å²) in [6, 6.07) is 21.4. The van der Waals surface area contributed by atoms with E-state index in [-0.39, 0.29) is 0 Å². The summed E-state index contributed by atoms with van der Waals surface area (Å²) in [5.74, 6) is 1.03. The SMILES string of the molecule is c1ccc(COC2CCN(Cc3ccc4c(c3)CN(Cc3ccncc3)CCO4)CC2)cc1. The third-order valence-corrected chi connectivity index (χ3v) is 6.61. The number of fused-ring (bicyclic) bond motifs is 1. The Morgan fingerprint density at radius 3 is 2.42 bits per heavy atom. The van der Waals surface area contributed by atoms with Crippen LogP contribution in [0.3, 0.4) is 0 Å². The fourth-order valence-corrected chi connectivity index (χ4v) is 4.76. The largest absolute Gasteiger partial charge is 0.492 e. The van der Waals surface area contributed by atoms with Crippen LogP contribution in [-0.2, 0) is 31.0 Å². The second-order valence-corrected chi connectivity index (χ2v) is 9.13. The molecule has 0 N–H and O–H groups in total. The molecule has 1 saturated heterocycles. The third kappa shape index (κ3) is 6.20. The van der Waals surface area contributed by atoms with E-state index in [4.69, 9.17) is 9.47 Å². The number of rotatable bonds is 7. The van der Waals surface area contributed by atoms with Crippen LogP contribution >= 0.6 is 0 Å². The number of likely N-dealkylation sites (tertiary alicyclic amines) is 1. The number of benzene rings is 2. The second kappa shape index (κ2) is 10.9. The van der Waals surface area contributed by atoms with Crippen LogP contribution in [-0.4, -0.2) is 47.1 Å². The topological polar surface area (TPSA) is 37.8 Å². The standard InChI is InChI=1S/C28H33N3O2/c1-2-4-24(5-3-1)22-33-27-10-14-30(15-11-27)20-25-6-7-28-26(18-25)21-31(16-17-32-28)19-23-8-12-29-13-9-23/h1-9,12-13,18,27H,10-11,14-17,19-22H2. The van der Waals surface area contributed by atoms with E-state index in [1.54, 1.807) is 0 Å². The van der Waals surface area contributed by atoms with Crippen LogP contribution < -0.4 is 4.74 Å². The Morgan fingerprint density at radius 2 is 1.61 bits per heavy atom. The number of nitrogens with zero attached hydrogens (tertiary/aromatic N) is 3. The predicted octanol–water partition coefficient (Wildman–Crippen LogP) is 4.66. The predicted molar refractivity (Wildman–Crippen MR) is 130 cm³/mol. The molecule has 0 saturated carbocycles. The fourth-order valence-electron chi connectivity index (χ4n) is 4.76. The quantitative estimate of drug-likeness (QED) is 0.531. The summed E-state index contributed by atoms with van der Waals surface area (Å²) < 4.78 is 12.2. The molecule has 0 unspecified atom stereocenters. The smallest absolute Gasteiger partial charge is 0.123 e. The first-order chi connectivity index (χ1) is 16.3. The molecule has 1 aromatic heterocycles. The lowest BCUT2D eigenvalue weighted by Crippen LogP contribution is -2.36. The van der Waals surface area contributed by atoms with E-state index in [2.05, 4.69) is 75.4 Å². The van der Waals surface area contributed by atoms with Crippen molar-refractivity contribution in [3.8, 4) is 5.75 Å². The molecule has 1 fully saturated rings.